The number of likely N-dealkylation sites (N-methyl/N-ethyl adjacent to an activating group) is 1. The van der Waals surface area contributed by atoms with Crippen molar-refractivity contribution in [3.8, 4) is 17.1 Å². The van der Waals surface area contributed by atoms with E-state index in [0.717, 1.165) is 31.5 Å². The molecule has 2 heterocycles. The zero-order valence-corrected chi connectivity index (χ0v) is 24.5. The molecule has 11 nitrogen and oxygen atoms in total. The molecule has 3 fully saturated rings. The van der Waals surface area contributed by atoms with E-state index in [1.807, 2.05) is 6.07 Å². The van der Waals surface area contributed by atoms with E-state index in [-0.39, 0.29) is 24.2 Å². The predicted molar refractivity (Wildman–Crippen MR) is 153 cm³/mol. The van der Waals surface area contributed by atoms with Crippen molar-refractivity contribution >= 4 is 29.0 Å². The molecule has 2 unspecified atom stereocenters. The van der Waals surface area contributed by atoms with Crippen molar-refractivity contribution in [1.82, 2.24) is 9.80 Å². The van der Waals surface area contributed by atoms with Gasteiger partial charge in [0.1, 0.15) is 11.5 Å². The lowest BCUT2D eigenvalue weighted by Crippen LogP contribution is -2.74. The Kier molecular flexibility index (Phi) is 7.18. The highest BCUT2D eigenvalue weighted by Gasteiger charge is 2.69. The first-order valence-corrected chi connectivity index (χ1v) is 14.8. The lowest BCUT2D eigenvalue weighted by atomic mass is 9.52. The van der Waals surface area contributed by atoms with E-state index in [1.54, 1.807) is 26.4 Å². The average Bonchev–Trinajstić information content (AvgIpc) is 3.39. The number of fused-ring (bicyclic) bond motifs is 3. The molecule has 228 valence electrons. The molecule has 1 amide bonds. The minimum absolute atomic E-state index is 0.00400. The molecule has 0 spiro atoms. The molecule has 2 aromatic rings. The maximum Gasteiger partial charge on any atom is 0.235 e. The number of nitrogens with zero attached hydrogens (tertiary/aromatic N) is 2. The molecule has 0 radical (unpaired) electrons. The van der Waals surface area contributed by atoms with E-state index in [9.17, 15) is 34.2 Å². The average molecular weight is 592 g/mol. The summed E-state index contributed by atoms with van der Waals surface area (Å²) in [5.74, 6) is -9.37. The number of Topliss-reactive ketones (excluding diaryl/α,β-unsaturated/α-hetero) is 4. The van der Waals surface area contributed by atoms with Gasteiger partial charge in [-0.25, -0.2) is 0 Å². The van der Waals surface area contributed by atoms with Gasteiger partial charge in [0.15, 0.2) is 34.7 Å². The Morgan fingerprint density at radius 2 is 1.81 bits per heavy atom. The van der Waals surface area contributed by atoms with Crippen LogP contribution in [0.3, 0.4) is 0 Å². The molecule has 1 aromatic carbocycles. The van der Waals surface area contributed by atoms with E-state index in [4.69, 9.17) is 10.2 Å². The molecule has 6 atom stereocenters. The molecular weight excluding hydrogens is 554 g/mol. The fourth-order valence-corrected chi connectivity index (χ4v) is 7.98. The number of hydrogen-bond acceptors (Lipinski definition) is 10. The molecule has 0 bridgehead atoms. The van der Waals surface area contributed by atoms with Crippen LogP contribution in [0.5, 0.6) is 5.75 Å². The van der Waals surface area contributed by atoms with E-state index < -0.39 is 64.4 Å². The number of aliphatic hydroxyl groups is 1. The van der Waals surface area contributed by atoms with E-state index >= 15 is 0 Å². The van der Waals surface area contributed by atoms with Crippen LogP contribution < -0.4 is 5.73 Å². The van der Waals surface area contributed by atoms with E-state index in [2.05, 4.69) is 11.8 Å². The standard InChI is InChI=1S/C32H37N3O8/c1-15-6-9-35(10-7-15)14-16-8-11-43-28(16)18-4-5-21(36)23-19(18)12-17-13-20-25(34(2)3)27(38)24(31(33)41)30(40)32(20,42)29(39)22(17)26(23)37/h4-5,8,11,15,17,20,22,24-25,36,42H,6-7,9-10,12-14H2,1-3H3,(H2,33,41)/t17-,20-,22?,24?,25-,32-/m0/s1. The van der Waals surface area contributed by atoms with Gasteiger partial charge in [-0.1, -0.05) is 6.92 Å². The van der Waals surface area contributed by atoms with E-state index in [0.29, 0.717) is 29.3 Å². The third kappa shape index (κ3) is 4.39. The van der Waals surface area contributed by atoms with Crippen LogP contribution in [0, 0.1) is 29.6 Å². The molecule has 6 rings (SSSR count). The largest absolute Gasteiger partial charge is 0.507 e. The third-order valence-corrected chi connectivity index (χ3v) is 10.2. The maximum absolute atomic E-state index is 14.0. The number of phenolic OH excluding ortho intramolecular Hbond substituents is 1. The normalized spacial score (nSPS) is 31.6. The molecule has 4 aliphatic rings. The van der Waals surface area contributed by atoms with Crippen LogP contribution in [0.1, 0.15) is 47.7 Å². The first-order valence-electron chi connectivity index (χ1n) is 14.8. The summed E-state index contributed by atoms with van der Waals surface area (Å²) < 4.78 is 5.96. The molecule has 1 aliphatic heterocycles. The summed E-state index contributed by atoms with van der Waals surface area (Å²) >= 11 is 0. The minimum Gasteiger partial charge on any atom is -0.507 e. The maximum atomic E-state index is 14.0. The van der Waals surface area contributed by atoms with Crippen molar-refractivity contribution in [2.45, 2.75) is 50.8 Å². The molecule has 1 aromatic heterocycles. The van der Waals surface area contributed by atoms with Gasteiger partial charge >= 0.3 is 0 Å². The highest BCUT2D eigenvalue weighted by Crippen LogP contribution is 2.52. The number of piperidine rings is 1. The summed E-state index contributed by atoms with van der Waals surface area (Å²) in [5, 5.41) is 22.6. The van der Waals surface area contributed by atoms with Crippen LogP contribution in [-0.2, 0) is 32.1 Å². The summed E-state index contributed by atoms with van der Waals surface area (Å²) in [7, 11) is 3.12. The number of ketones is 4. The fraction of sp³-hybridized carbons (Fsp3) is 0.531. The van der Waals surface area contributed by atoms with Crippen LogP contribution in [0.25, 0.3) is 11.3 Å². The fourth-order valence-electron chi connectivity index (χ4n) is 7.98. The SMILES string of the molecule is CC1CCN(Cc2ccoc2-c2ccc(O)c3c2C[C@H]2C[C@H]4[C@H](N(C)C)C(=O)C(C(N)=O)C(=O)[C@@]4(O)C(=O)C2C3=O)CC1. The van der Waals surface area contributed by atoms with Crippen molar-refractivity contribution < 1.29 is 38.6 Å². The second-order valence-electron chi connectivity index (χ2n) is 13.0. The smallest absolute Gasteiger partial charge is 0.235 e. The molecule has 11 heteroatoms. The second kappa shape index (κ2) is 10.5. The Labute approximate surface area is 249 Å². The van der Waals surface area contributed by atoms with Crippen molar-refractivity contribution in [3.63, 3.8) is 0 Å². The summed E-state index contributed by atoms with van der Waals surface area (Å²) in [5.41, 5.74) is 4.70. The number of amides is 1. The van der Waals surface area contributed by atoms with Gasteiger partial charge in [0.25, 0.3) is 0 Å². The van der Waals surface area contributed by atoms with Gasteiger partial charge in [0, 0.05) is 23.6 Å². The van der Waals surface area contributed by atoms with Gasteiger partial charge in [-0.05, 0) is 88.5 Å². The number of likely N-dealkylation sites (tertiary alicyclic amines) is 1. The van der Waals surface area contributed by atoms with Crippen molar-refractivity contribution in [1.29, 1.82) is 0 Å². The van der Waals surface area contributed by atoms with Gasteiger partial charge in [-0.15, -0.1) is 0 Å². The Bertz CT molecular complexity index is 1540. The quantitative estimate of drug-likeness (QED) is 0.431. The molecule has 2 saturated carbocycles. The van der Waals surface area contributed by atoms with Gasteiger partial charge in [0.2, 0.25) is 5.91 Å². The Balaban J connectivity index is 1.41. The third-order valence-electron chi connectivity index (χ3n) is 10.2. The van der Waals surface area contributed by atoms with Gasteiger partial charge in [0.05, 0.1) is 23.8 Å². The minimum atomic E-state index is -2.75. The van der Waals surface area contributed by atoms with Crippen LogP contribution in [0.4, 0.5) is 0 Å². The number of benzene rings is 1. The number of carbonyl (C=O) groups is 5. The molecule has 3 aliphatic carbocycles. The number of phenols is 1. The number of carbonyl (C=O) groups excluding carboxylic acids is 5. The monoisotopic (exact) mass is 591 g/mol. The molecule has 43 heavy (non-hydrogen) atoms. The number of hydrogen-bond donors (Lipinski definition) is 3. The lowest BCUT2D eigenvalue weighted by molar-refractivity contribution is -0.181. The van der Waals surface area contributed by atoms with Crippen molar-refractivity contribution in [2.75, 3.05) is 27.2 Å². The molecule has 1 saturated heterocycles. The summed E-state index contributed by atoms with van der Waals surface area (Å²) in [4.78, 5) is 70.8. The number of aromatic hydroxyl groups is 1. The molecular formula is C32H37N3O8. The number of primary amides is 1. The van der Waals surface area contributed by atoms with Crippen molar-refractivity contribution in [2.24, 2.45) is 35.3 Å². The molecule has 4 N–H and O–H groups in total. The van der Waals surface area contributed by atoms with Gasteiger partial charge in [-0.2, -0.15) is 0 Å². The summed E-state index contributed by atoms with van der Waals surface area (Å²) in [6.45, 7) is 4.85. The topological polar surface area (TPSA) is 171 Å². The Morgan fingerprint density at radius 3 is 2.47 bits per heavy atom. The van der Waals surface area contributed by atoms with Gasteiger partial charge < -0.3 is 20.4 Å². The van der Waals surface area contributed by atoms with Crippen LogP contribution in [0.2, 0.25) is 0 Å². The van der Waals surface area contributed by atoms with Crippen LogP contribution in [-0.4, -0.2) is 87.9 Å². The number of nitrogens with two attached hydrogens (primary N) is 1. The zero-order chi connectivity index (χ0) is 31.0. The summed E-state index contributed by atoms with van der Waals surface area (Å²) in [6.07, 6.45) is 4.00. The predicted octanol–water partition coefficient (Wildman–Crippen LogP) is 1.36. The van der Waals surface area contributed by atoms with Crippen LogP contribution in [0.15, 0.2) is 28.9 Å². The number of furan rings is 1. The Morgan fingerprint density at radius 1 is 1.12 bits per heavy atom. The Hall–Kier alpha value is -3.67. The first kappa shape index (κ1) is 29.4. The highest BCUT2D eigenvalue weighted by atomic mass is 16.3. The van der Waals surface area contributed by atoms with Gasteiger partial charge in [-0.3, -0.25) is 33.8 Å². The second-order valence-corrected chi connectivity index (χ2v) is 13.0. The zero-order valence-electron chi connectivity index (χ0n) is 24.5. The first-order chi connectivity index (χ1) is 20.4. The van der Waals surface area contributed by atoms with Crippen molar-refractivity contribution in [3.05, 3.63) is 41.2 Å². The number of rotatable bonds is 5. The highest BCUT2D eigenvalue weighted by molar-refractivity contribution is 6.32. The lowest BCUT2D eigenvalue weighted by Gasteiger charge is -2.52. The van der Waals surface area contributed by atoms with Crippen LogP contribution >= 0.6 is 0 Å². The summed E-state index contributed by atoms with van der Waals surface area (Å²) in [6, 6.07) is 3.85. The van der Waals surface area contributed by atoms with E-state index in [1.165, 1.54) is 11.0 Å².